The third-order valence-corrected chi connectivity index (χ3v) is 3.55. The fourth-order valence-corrected chi connectivity index (χ4v) is 2.02. The molecule has 0 amide bonds. The summed E-state index contributed by atoms with van der Waals surface area (Å²) in [5.74, 6) is 1.02. The number of aromatic nitrogens is 2. The van der Waals surface area contributed by atoms with E-state index in [2.05, 4.69) is 100 Å². The van der Waals surface area contributed by atoms with Crippen LogP contribution in [0.25, 0.3) is 12.2 Å². The van der Waals surface area contributed by atoms with Gasteiger partial charge in [0.25, 0.3) is 0 Å². The highest BCUT2D eigenvalue weighted by atomic mass is 127. The van der Waals surface area contributed by atoms with Crippen LogP contribution < -0.4 is 0 Å². The van der Waals surface area contributed by atoms with Gasteiger partial charge in [-0.15, -0.1) is 0 Å². The average Bonchev–Trinajstić information content (AvgIpc) is 2.49. The first kappa shape index (κ1) is 12.6. The largest absolute Gasteiger partial charge is 0.340 e. The molecule has 1 heterocycles. The Morgan fingerprint density at radius 3 is 2.50 bits per heavy atom. The number of rotatable bonds is 1. The first-order valence-electron chi connectivity index (χ1n) is 5.15. The van der Waals surface area contributed by atoms with Gasteiger partial charge in [0.1, 0.15) is 7.25 Å². The van der Waals surface area contributed by atoms with Crippen LogP contribution >= 0.6 is 45.2 Å². The standard InChI is InChI=1S/C12H14I2N2/c1-11(2)6-4-8-9(5-7-11)16-10(15-8)12(3,13)14/h4-7H,1-3H3,(H,15,16). The summed E-state index contributed by atoms with van der Waals surface area (Å²) < 4.78 is 0.0128. The second-order valence-electron chi connectivity index (χ2n) is 4.76. The molecule has 0 aliphatic heterocycles. The Morgan fingerprint density at radius 2 is 1.88 bits per heavy atom. The molecule has 1 aliphatic carbocycles. The second kappa shape index (κ2) is 4.12. The topological polar surface area (TPSA) is 28.7 Å². The van der Waals surface area contributed by atoms with E-state index in [1.165, 1.54) is 0 Å². The highest BCUT2D eigenvalue weighted by Gasteiger charge is 2.24. The molecule has 1 aromatic rings. The minimum atomic E-state index is 0.0128. The first-order valence-corrected chi connectivity index (χ1v) is 7.30. The number of nitrogens with one attached hydrogen (secondary N) is 1. The normalized spacial score (nSPS) is 18.3. The summed E-state index contributed by atoms with van der Waals surface area (Å²) in [5, 5.41) is 0. The summed E-state index contributed by atoms with van der Waals surface area (Å²) in [7, 11) is 0. The van der Waals surface area contributed by atoms with E-state index in [-0.39, 0.29) is 6.84 Å². The van der Waals surface area contributed by atoms with Crippen molar-refractivity contribution in [2.45, 2.75) is 22.2 Å². The lowest BCUT2D eigenvalue weighted by molar-refractivity contribution is 0.633. The molecule has 0 unspecified atom stereocenters. The van der Waals surface area contributed by atoms with Crippen LogP contribution in [0.3, 0.4) is 0 Å². The van der Waals surface area contributed by atoms with Gasteiger partial charge in [-0.05, 0) is 19.1 Å². The Bertz CT molecular complexity index is 428. The molecule has 1 aromatic heterocycles. The van der Waals surface area contributed by atoms with Gasteiger partial charge >= 0.3 is 0 Å². The van der Waals surface area contributed by atoms with E-state index >= 15 is 0 Å². The van der Waals surface area contributed by atoms with Gasteiger partial charge in [-0.3, -0.25) is 0 Å². The number of alkyl halides is 2. The molecular formula is C12H14I2N2. The van der Waals surface area contributed by atoms with Crippen LogP contribution in [0.5, 0.6) is 0 Å². The number of halogens is 2. The third kappa shape index (κ3) is 2.69. The van der Waals surface area contributed by atoms with Crippen molar-refractivity contribution in [3.8, 4) is 0 Å². The van der Waals surface area contributed by atoms with Crippen molar-refractivity contribution < 1.29 is 0 Å². The van der Waals surface area contributed by atoms with Crippen LogP contribution in [0.2, 0.25) is 0 Å². The van der Waals surface area contributed by atoms with Gasteiger partial charge in [0.2, 0.25) is 0 Å². The summed E-state index contributed by atoms with van der Waals surface area (Å²) in [6.45, 7) is 6.52. The second-order valence-corrected chi connectivity index (χ2v) is 11.1. The van der Waals surface area contributed by atoms with Crippen LogP contribution in [0.1, 0.15) is 38.0 Å². The lowest BCUT2D eigenvalue weighted by atomic mass is 9.93. The van der Waals surface area contributed by atoms with E-state index in [1.54, 1.807) is 0 Å². The van der Waals surface area contributed by atoms with Crippen LogP contribution in [0.15, 0.2) is 12.2 Å². The molecule has 4 heteroatoms. The lowest BCUT2D eigenvalue weighted by Gasteiger charge is -2.12. The van der Waals surface area contributed by atoms with Crippen molar-refractivity contribution in [3.05, 3.63) is 29.4 Å². The number of H-pyrrole nitrogens is 1. The lowest BCUT2D eigenvalue weighted by Crippen LogP contribution is -2.04. The number of fused-ring (bicyclic) bond motifs is 1. The average molecular weight is 440 g/mol. The van der Waals surface area contributed by atoms with Crippen LogP contribution in [0, 0.1) is 5.41 Å². The number of hydrogen-bond acceptors (Lipinski definition) is 1. The molecule has 16 heavy (non-hydrogen) atoms. The molecule has 0 spiro atoms. The van der Waals surface area contributed by atoms with Gasteiger partial charge < -0.3 is 4.98 Å². The first-order chi connectivity index (χ1) is 7.28. The molecule has 2 nitrogen and oxygen atoms in total. The molecule has 0 bridgehead atoms. The molecule has 1 N–H and O–H groups in total. The SMILES string of the molecule is CC1(C)C=Cc2nc(C(C)(I)I)[nH]c2C=C1. The van der Waals surface area contributed by atoms with Gasteiger partial charge in [0.15, 0.2) is 0 Å². The van der Waals surface area contributed by atoms with Gasteiger partial charge in [0.05, 0.1) is 11.4 Å². The van der Waals surface area contributed by atoms with Gasteiger partial charge in [-0.2, -0.15) is 0 Å². The van der Waals surface area contributed by atoms with Crippen molar-refractivity contribution >= 4 is 57.3 Å². The fraction of sp³-hybridized carbons (Fsp3) is 0.417. The molecule has 1 aliphatic rings. The minimum absolute atomic E-state index is 0.0128. The summed E-state index contributed by atoms with van der Waals surface area (Å²) in [6, 6.07) is 0. The maximum atomic E-state index is 4.64. The predicted molar refractivity (Wildman–Crippen MR) is 85.8 cm³/mol. The molecule has 86 valence electrons. The van der Waals surface area contributed by atoms with Crippen molar-refractivity contribution in [1.82, 2.24) is 9.97 Å². The van der Waals surface area contributed by atoms with Gasteiger partial charge in [0, 0.05) is 5.41 Å². The van der Waals surface area contributed by atoms with Crippen molar-refractivity contribution in [1.29, 1.82) is 0 Å². The van der Waals surface area contributed by atoms with Crippen molar-refractivity contribution in [2.75, 3.05) is 0 Å². The fourth-order valence-electron chi connectivity index (χ4n) is 1.51. The Kier molecular flexibility index (Phi) is 3.24. The quantitative estimate of drug-likeness (QED) is 0.505. The van der Waals surface area contributed by atoms with E-state index in [4.69, 9.17) is 0 Å². The summed E-state index contributed by atoms with van der Waals surface area (Å²) in [6.07, 6.45) is 8.63. The van der Waals surface area contributed by atoms with Crippen LogP contribution in [0.4, 0.5) is 0 Å². The zero-order chi connectivity index (χ0) is 12.0. The molecule has 0 atom stereocenters. The Morgan fingerprint density at radius 1 is 1.25 bits per heavy atom. The highest BCUT2D eigenvalue weighted by molar-refractivity contribution is 14.2. The Labute approximate surface area is 123 Å². The maximum Gasteiger partial charge on any atom is 0.133 e. The van der Waals surface area contributed by atoms with E-state index < -0.39 is 0 Å². The maximum absolute atomic E-state index is 4.64. The molecule has 0 saturated heterocycles. The number of hydrogen-bond donors (Lipinski definition) is 1. The van der Waals surface area contributed by atoms with Crippen molar-refractivity contribution in [2.24, 2.45) is 5.41 Å². The summed E-state index contributed by atoms with van der Waals surface area (Å²) >= 11 is 4.77. The van der Waals surface area contributed by atoms with E-state index in [0.717, 1.165) is 17.2 Å². The van der Waals surface area contributed by atoms with Gasteiger partial charge in [-0.1, -0.05) is 71.2 Å². The van der Waals surface area contributed by atoms with Crippen LogP contribution in [-0.2, 0) is 1.43 Å². The number of nitrogens with zero attached hydrogens (tertiary/aromatic N) is 1. The molecular weight excluding hydrogens is 426 g/mol. The molecule has 0 radical (unpaired) electrons. The Hall–Kier alpha value is 0.150. The number of allylic oxidation sites excluding steroid dienone is 2. The zero-order valence-electron chi connectivity index (χ0n) is 9.51. The zero-order valence-corrected chi connectivity index (χ0v) is 13.8. The monoisotopic (exact) mass is 440 g/mol. The van der Waals surface area contributed by atoms with E-state index in [1.807, 2.05) is 0 Å². The summed E-state index contributed by atoms with van der Waals surface area (Å²) in [5.41, 5.74) is 2.26. The highest BCUT2D eigenvalue weighted by Crippen LogP contribution is 2.38. The Balaban J connectivity index is 2.45. The minimum Gasteiger partial charge on any atom is -0.340 e. The van der Waals surface area contributed by atoms with Crippen LogP contribution in [-0.4, -0.2) is 9.97 Å². The summed E-state index contributed by atoms with van der Waals surface area (Å²) in [4.78, 5) is 8.03. The van der Waals surface area contributed by atoms with E-state index in [9.17, 15) is 0 Å². The van der Waals surface area contributed by atoms with Gasteiger partial charge in [-0.25, -0.2) is 4.98 Å². The molecule has 2 rings (SSSR count). The molecule has 0 aromatic carbocycles. The number of imidazole rings is 1. The smallest absolute Gasteiger partial charge is 0.133 e. The molecule has 0 saturated carbocycles. The third-order valence-electron chi connectivity index (χ3n) is 2.53. The molecule has 0 fully saturated rings. The predicted octanol–water partition coefficient (Wildman–Crippen LogP) is 4.52. The number of aromatic amines is 1. The van der Waals surface area contributed by atoms with Crippen molar-refractivity contribution in [3.63, 3.8) is 0 Å². The van der Waals surface area contributed by atoms with E-state index in [0.29, 0.717) is 0 Å².